The molecule has 0 bridgehead atoms. The van der Waals surface area contributed by atoms with Gasteiger partial charge in [0.15, 0.2) is 0 Å². The van der Waals surface area contributed by atoms with Crippen molar-refractivity contribution in [2.45, 2.75) is 43.0 Å². The quantitative estimate of drug-likeness (QED) is 0.813. The van der Waals surface area contributed by atoms with Gasteiger partial charge in [0.05, 0.1) is 0 Å². The van der Waals surface area contributed by atoms with Crippen LogP contribution in [0.1, 0.15) is 36.8 Å². The summed E-state index contributed by atoms with van der Waals surface area (Å²) in [5.41, 5.74) is 6.56. The normalized spacial score (nSPS) is 17.6. The molecule has 0 amide bonds. The summed E-state index contributed by atoms with van der Waals surface area (Å²) in [7, 11) is -4.23. The highest BCUT2D eigenvalue weighted by atomic mass is 32.2. The van der Waals surface area contributed by atoms with Gasteiger partial charge >= 0.3 is 16.1 Å². The lowest BCUT2D eigenvalue weighted by Crippen LogP contribution is -2.51. The highest BCUT2D eigenvalue weighted by Gasteiger charge is 2.47. The molecule has 0 saturated heterocycles. The van der Waals surface area contributed by atoms with Gasteiger partial charge in [-0.25, -0.2) is 4.79 Å². The third-order valence-electron chi connectivity index (χ3n) is 5.08. The van der Waals surface area contributed by atoms with Gasteiger partial charge in [0.1, 0.15) is 10.4 Å². The van der Waals surface area contributed by atoms with Crippen LogP contribution in [0.5, 0.6) is 0 Å². The Balaban J connectivity index is 1.94. The van der Waals surface area contributed by atoms with E-state index >= 15 is 0 Å². The van der Waals surface area contributed by atoms with Gasteiger partial charge in [-0.05, 0) is 43.4 Å². The van der Waals surface area contributed by atoms with Gasteiger partial charge in [-0.3, -0.25) is 0 Å². The molecule has 26 heavy (non-hydrogen) atoms. The van der Waals surface area contributed by atoms with E-state index in [0.717, 1.165) is 31.2 Å². The van der Waals surface area contributed by atoms with Crippen molar-refractivity contribution in [3.05, 3.63) is 65.7 Å². The second kappa shape index (κ2) is 7.21. The first-order valence-electron chi connectivity index (χ1n) is 8.74. The van der Waals surface area contributed by atoms with Crippen LogP contribution < -0.4 is 5.73 Å². The summed E-state index contributed by atoms with van der Waals surface area (Å²) in [5, 5.41) is 0. The molecule has 5 nitrogen and oxygen atoms in total. The Morgan fingerprint density at radius 3 is 2.19 bits per heavy atom. The molecule has 1 saturated carbocycles. The van der Waals surface area contributed by atoms with E-state index in [0.29, 0.717) is 5.56 Å². The van der Waals surface area contributed by atoms with Crippen LogP contribution in [-0.4, -0.2) is 14.4 Å². The molecule has 0 radical (unpaired) electrons. The van der Waals surface area contributed by atoms with E-state index in [-0.39, 0.29) is 10.8 Å². The number of hydrogen-bond donors (Lipinski definition) is 1. The Labute approximate surface area is 154 Å². The predicted octanol–water partition coefficient (Wildman–Crippen LogP) is 3.27. The molecule has 1 fully saturated rings. The first-order chi connectivity index (χ1) is 12.3. The number of nitrogens with two attached hydrogens (primary N) is 1. The molecule has 6 heteroatoms. The van der Waals surface area contributed by atoms with Crippen LogP contribution in [0, 0.1) is 12.8 Å². The second-order valence-corrected chi connectivity index (χ2v) is 8.40. The van der Waals surface area contributed by atoms with Gasteiger partial charge in [-0.1, -0.05) is 60.9 Å². The molecule has 2 aromatic rings. The molecule has 2 aromatic carbocycles. The summed E-state index contributed by atoms with van der Waals surface area (Å²) in [6.45, 7) is 1.85. The van der Waals surface area contributed by atoms with Crippen molar-refractivity contribution in [1.29, 1.82) is 0 Å². The SMILES string of the molecule is Cc1ccc(S(=O)(=O)OC(=O)[C@@](N)(c2ccccc2)C2CCCC2)cc1. The van der Waals surface area contributed by atoms with Gasteiger partial charge in [-0.2, -0.15) is 8.42 Å². The molecule has 1 aliphatic carbocycles. The number of benzene rings is 2. The Bertz CT molecular complexity index is 872. The summed E-state index contributed by atoms with van der Waals surface area (Å²) in [4.78, 5) is 12.9. The molecule has 0 aromatic heterocycles. The van der Waals surface area contributed by atoms with Crippen molar-refractivity contribution in [3.63, 3.8) is 0 Å². The van der Waals surface area contributed by atoms with Crippen molar-refractivity contribution >= 4 is 16.1 Å². The van der Waals surface area contributed by atoms with Crippen molar-refractivity contribution < 1.29 is 17.4 Å². The largest absolute Gasteiger partial charge is 0.347 e. The van der Waals surface area contributed by atoms with E-state index in [1.54, 1.807) is 36.4 Å². The molecular weight excluding hydrogens is 350 g/mol. The molecule has 0 aliphatic heterocycles. The maximum absolute atomic E-state index is 13.0. The zero-order valence-electron chi connectivity index (χ0n) is 14.7. The summed E-state index contributed by atoms with van der Waals surface area (Å²) < 4.78 is 30.1. The molecule has 3 rings (SSSR count). The van der Waals surface area contributed by atoms with E-state index in [2.05, 4.69) is 0 Å². The fourth-order valence-corrected chi connectivity index (χ4v) is 4.44. The zero-order chi connectivity index (χ0) is 18.8. The van der Waals surface area contributed by atoms with Crippen molar-refractivity contribution in [2.75, 3.05) is 0 Å². The summed E-state index contributed by atoms with van der Waals surface area (Å²) >= 11 is 0. The van der Waals surface area contributed by atoms with Gasteiger partial charge < -0.3 is 9.92 Å². The predicted molar refractivity (Wildman–Crippen MR) is 98.7 cm³/mol. The van der Waals surface area contributed by atoms with Crippen molar-refractivity contribution in [1.82, 2.24) is 0 Å². The Hall–Kier alpha value is -2.18. The van der Waals surface area contributed by atoms with Crippen LogP contribution in [0.4, 0.5) is 0 Å². The minimum Gasteiger partial charge on any atom is -0.340 e. The molecule has 0 unspecified atom stereocenters. The third kappa shape index (κ3) is 3.52. The van der Waals surface area contributed by atoms with Gasteiger partial charge in [0.25, 0.3) is 0 Å². The number of carbonyl (C=O) groups is 1. The molecule has 1 atom stereocenters. The van der Waals surface area contributed by atoms with Crippen molar-refractivity contribution in [2.24, 2.45) is 11.7 Å². The number of aryl methyl sites for hydroxylation is 1. The Kier molecular flexibility index (Phi) is 5.16. The fourth-order valence-electron chi connectivity index (χ4n) is 3.54. The van der Waals surface area contributed by atoms with Crippen LogP contribution >= 0.6 is 0 Å². The Morgan fingerprint density at radius 2 is 1.62 bits per heavy atom. The highest BCUT2D eigenvalue weighted by molar-refractivity contribution is 7.87. The molecule has 138 valence electrons. The zero-order valence-corrected chi connectivity index (χ0v) is 15.5. The third-order valence-corrected chi connectivity index (χ3v) is 6.30. The molecule has 2 N–H and O–H groups in total. The average Bonchev–Trinajstić information content (AvgIpc) is 3.17. The first-order valence-corrected chi connectivity index (χ1v) is 10.1. The first kappa shape index (κ1) is 18.6. The molecular formula is C20H23NO4S. The van der Waals surface area contributed by atoms with Gasteiger partial charge in [0, 0.05) is 0 Å². The lowest BCUT2D eigenvalue weighted by molar-refractivity contribution is -0.142. The average molecular weight is 373 g/mol. The van der Waals surface area contributed by atoms with Crippen LogP contribution in [0.15, 0.2) is 59.5 Å². The smallest absolute Gasteiger partial charge is 0.340 e. The number of carbonyl (C=O) groups excluding carboxylic acids is 1. The lowest BCUT2D eigenvalue weighted by Gasteiger charge is -2.33. The van der Waals surface area contributed by atoms with E-state index in [9.17, 15) is 13.2 Å². The summed E-state index contributed by atoms with van der Waals surface area (Å²) in [6.07, 6.45) is 3.47. The van der Waals surface area contributed by atoms with Crippen molar-refractivity contribution in [3.8, 4) is 0 Å². The number of rotatable bonds is 5. The minimum atomic E-state index is -4.23. The highest BCUT2D eigenvalue weighted by Crippen LogP contribution is 2.40. The fraction of sp³-hybridized carbons (Fsp3) is 0.350. The van der Waals surface area contributed by atoms with Crippen LogP contribution in [0.2, 0.25) is 0 Å². The lowest BCUT2D eigenvalue weighted by atomic mass is 9.78. The van der Waals surface area contributed by atoms with Gasteiger partial charge in [0.2, 0.25) is 0 Å². The van der Waals surface area contributed by atoms with Crippen LogP contribution in [-0.2, 0) is 24.6 Å². The second-order valence-electron chi connectivity index (χ2n) is 6.85. The maximum Gasteiger partial charge on any atom is 0.347 e. The molecule has 0 heterocycles. The topological polar surface area (TPSA) is 86.5 Å². The van der Waals surface area contributed by atoms with E-state index in [4.69, 9.17) is 9.92 Å². The summed E-state index contributed by atoms with van der Waals surface area (Å²) in [6, 6.07) is 15.1. The van der Waals surface area contributed by atoms with E-state index in [1.807, 2.05) is 13.0 Å². The minimum absolute atomic E-state index is 0.0571. The monoisotopic (exact) mass is 373 g/mol. The van der Waals surface area contributed by atoms with Crippen LogP contribution in [0.3, 0.4) is 0 Å². The van der Waals surface area contributed by atoms with E-state index in [1.165, 1.54) is 12.1 Å². The van der Waals surface area contributed by atoms with Crippen LogP contribution in [0.25, 0.3) is 0 Å². The number of hydrogen-bond acceptors (Lipinski definition) is 5. The Morgan fingerprint density at radius 1 is 1.04 bits per heavy atom. The molecule has 1 aliphatic rings. The standard InChI is InChI=1S/C20H23NO4S/c1-15-11-13-18(14-12-15)26(23,24)25-19(22)20(21,17-9-5-6-10-17)16-7-3-2-4-8-16/h2-4,7-8,11-14,17H,5-6,9-10,21H2,1H3/t20-/m1/s1. The molecule has 0 spiro atoms. The summed E-state index contributed by atoms with van der Waals surface area (Å²) in [5.74, 6) is -1.07. The van der Waals surface area contributed by atoms with E-state index < -0.39 is 21.6 Å². The maximum atomic E-state index is 13.0. The van der Waals surface area contributed by atoms with Gasteiger partial charge in [-0.15, -0.1) is 0 Å².